The van der Waals surface area contributed by atoms with E-state index in [4.69, 9.17) is 14.2 Å². The Bertz CT molecular complexity index is 1070. The first-order valence-corrected chi connectivity index (χ1v) is 10.6. The Hall–Kier alpha value is -3.63. The van der Waals surface area contributed by atoms with Crippen LogP contribution < -0.4 is 4.74 Å². The second-order valence-electron chi connectivity index (χ2n) is 8.44. The molecule has 1 unspecified atom stereocenters. The van der Waals surface area contributed by atoms with E-state index in [2.05, 4.69) is 6.07 Å². The molecule has 0 heterocycles. The van der Waals surface area contributed by atoms with E-state index in [1.165, 1.54) is 19.3 Å². The number of rotatable bonds is 10. The maximum absolute atomic E-state index is 12.6. The van der Waals surface area contributed by atoms with Gasteiger partial charge < -0.3 is 19.3 Å². The number of carbonyl (C=O) groups excluding carboxylic acids is 1. The fourth-order valence-electron chi connectivity index (χ4n) is 4.58. The third-order valence-corrected chi connectivity index (χ3v) is 6.32. The van der Waals surface area contributed by atoms with Crippen LogP contribution in [0.25, 0.3) is 0 Å². The van der Waals surface area contributed by atoms with Crippen LogP contribution in [0.3, 0.4) is 0 Å². The second-order valence-corrected chi connectivity index (χ2v) is 8.44. The molecule has 33 heavy (non-hydrogen) atoms. The van der Waals surface area contributed by atoms with Gasteiger partial charge in [-0.2, -0.15) is 5.26 Å². The maximum atomic E-state index is 12.6. The highest BCUT2D eigenvalue weighted by molar-refractivity contribution is 5.86. The first-order chi connectivity index (χ1) is 15.8. The van der Waals surface area contributed by atoms with Crippen LogP contribution in [0, 0.1) is 28.1 Å². The zero-order valence-electron chi connectivity index (χ0n) is 18.9. The number of nitrogens with zero attached hydrogens (tertiary/aromatic N) is 1. The van der Waals surface area contributed by atoms with Gasteiger partial charge in [0.1, 0.15) is 23.5 Å². The van der Waals surface area contributed by atoms with Crippen molar-refractivity contribution in [1.29, 1.82) is 5.26 Å². The molecule has 1 fully saturated rings. The normalized spacial score (nSPS) is 21.7. The number of hydrogen-bond donors (Lipinski definition) is 1. The number of methoxy groups -OCH3 is 1. The molecule has 1 saturated carbocycles. The number of allylic oxidation sites excluding steroid dienone is 1. The van der Waals surface area contributed by atoms with E-state index in [1.807, 2.05) is 30.3 Å². The number of hydrogen-bond acceptors (Lipinski definition) is 6. The lowest BCUT2D eigenvalue weighted by atomic mass is 9.78. The zero-order valence-corrected chi connectivity index (χ0v) is 18.9. The Balaban J connectivity index is 1.89. The van der Waals surface area contributed by atoms with Crippen LogP contribution in [0.4, 0.5) is 0 Å². The lowest BCUT2D eigenvalue weighted by Crippen LogP contribution is -2.28. The molecule has 1 N–H and O–H groups in total. The molecule has 172 valence electrons. The van der Waals surface area contributed by atoms with Gasteiger partial charge in [0.15, 0.2) is 0 Å². The summed E-state index contributed by atoms with van der Waals surface area (Å²) in [5, 5.41) is 20.3. The molecule has 0 spiro atoms. The highest BCUT2D eigenvalue weighted by atomic mass is 16.6. The van der Waals surface area contributed by atoms with E-state index in [1.54, 1.807) is 38.1 Å². The Labute approximate surface area is 193 Å². The molecular weight excluding hydrogens is 422 g/mol. The molecule has 7 nitrogen and oxygen atoms in total. The van der Waals surface area contributed by atoms with E-state index in [-0.39, 0.29) is 13.2 Å². The van der Waals surface area contributed by atoms with E-state index < -0.39 is 34.6 Å². The predicted octanol–water partition coefficient (Wildman–Crippen LogP) is 4.56. The fraction of sp³-hybridized carbons (Fsp3) is 0.346. The van der Waals surface area contributed by atoms with Crippen molar-refractivity contribution < 1.29 is 28.9 Å². The van der Waals surface area contributed by atoms with Crippen molar-refractivity contribution >= 4 is 11.9 Å². The quantitative estimate of drug-likeness (QED) is 0.322. The number of para-hydroxylation sites is 1. The van der Waals surface area contributed by atoms with E-state index in [0.717, 1.165) is 0 Å². The maximum Gasteiger partial charge on any atom is 0.330 e. The number of carboxylic acid groups (broad SMARTS) is 1. The molecule has 0 aromatic heterocycles. The van der Waals surface area contributed by atoms with E-state index in [9.17, 15) is 20.0 Å². The second kappa shape index (κ2) is 9.88. The van der Waals surface area contributed by atoms with Crippen molar-refractivity contribution in [2.45, 2.75) is 19.8 Å². The van der Waals surface area contributed by atoms with Gasteiger partial charge in [0.2, 0.25) is 0 Å². The molecule has 0 bridgehead atoms. The largest absolute Gasteiger partial charge is 0.481 e. The first-order valence-electron chi connectivity index (χ1n) is 10.6. The van der Waals surface area contributed by atoms with Gasteiger partial charge in [0, 0.05) is 19.1 Å². The molecule has 1 aliphatic rings. The van der Waals surface area contributed by atoms with Gasteiger partial charge in [0.05, 0.1) is 18.6 Å². The average molecular weight is 450 g/mol. The molecule has 1 aliphatic carbocycles. The Morgan fingerprint density at radius 3 is 2.45 bits per heavy atom. The summed E-state index contributed by atoms with van der Waals surface area (Å²) in [4.78, 5) is 24.5. The monoisotopic (exact) mass is 449 g/mol. The van der Waals surface area contributed by atoms with Crippen LogP contribution in [0.15, 0.2) is 66.7 Å². The van der Waals surface area contributed by atoms with E-state index >= 15 is 0 Å². The SMILES string of the molecule is COCCOC(=O)C=C[C@H]1C(C)(C)[C@]1(C(=O)O)C(C#N)c1cccc(Oc2ccccc2)c1. The van der Waals surface area contributed by atoms with Crippen LogP contribution in [0.2, 0.25) is 0 Å². The van der Waals surface area contributed by atoms with Crippen molar-refractivity contribution in [3.05, 3.63) is 72.3 Å². The zero-order chi connectivity index (χ0) is 24.1. The van der Waals surface area contributed by atoms with Gasteiger partial charge in [-0.1, -0.05) is 50.3 Å². The molecular formula is C26H27NO6. The standard InChI is InChI=1S/C26H27NO6/c1-25(2)22(12-13-23(28)32-15-14-31-3)26(25,24(29)30)21(17-27)18-8-7-11-20(16-18)33-19-9-5-4-6-10-19/h4-13,16,21-22H,14-15H2,1-3H3,(H,29,30)/t21?,22-,26+/m0/s1. The summed E-state index contributed by atoms with van der Waals surface area (Å²) >= 11 is 0. The molecule has 3 atom stereocenters. The van der Waals surface area contributed by atoms with Crippen molar-refractivity contribution in [2.24, 2.45) is 16.7 Å². The molecule has 7 heteroatoms. The molecule has 2 aromatic rings. The Morgan fingerprint density at radius 2 is 1.82 bits per heavy atom. The van der Waals surface area contributed by atoms with E-state index in [0.29, 0.717) is 17.1 Å². The topological polar surface area (TPSA) is 106 Å². The van der Waals surface area contributed by atoms with Crippen molar-refractivity contribution in [1.82, 2.24) is 0 Å². The fourth-order valence-corrected chi connectivity index (χ4v) is 4.58. The first kappa shape index (κ1) is 24.0. The third-order valence-electron chi connectivity index (χ3n) is 6.32. The van der Waals surface area contributed by atoms with Crippen molar-refractivity contribution in [3.8, 4) is 17.6 Å². The number of carbonyl (C=O) groups is 2. The van der Waals surface area contributed by atoms with Crippen LogP contribution in [-0.2, 0) is 19.1 Å². The van der Waals surface area contributed by atoms with Crippen LogP contribution in [0.1, 0.15) is 25.3 Å². The van der Waals surface area contributed by atoms with Gasteiger partial charge in [-0.3, -0.25) is 4.79 Å². The molecule has 0 radical (unpaired) electrons. The van der Waals surface area contributed by atoms with Crippen molar-refractivity contribution in [3.63, 3.8) is 0 Å². The van der Waals surface area contributed by atoms with Gasteiger partial charge in [0.25, 0.3) is 0 Å². The van der Waals surface area contributed by atoms with Gasteiger partial charge in [-0.05, 0) is 35.2 Å². The minimum atomic E-state index is -1.41. The Morgan fingerprint density at radius 1 is 1.12 bits per heavy atom. The number of aliphatic carboxylic acids is 1. The number of carboxylic acids is 1. The van der Waals surface area contributed by atoms with Gasteiger partial charge in [-0.15, -0.1) is 0 Å². The van der Waals surface area contributed by atoms with Gasteiger partial charge in [-0.25, -0.2) is 4.79 Å². The summed E-state index contributed by atoms with van der Waals surface area (Å²) in [5.41, 5.74) is -1.63. The highest BCUT2D eigenvalue weighted by Gasteiger charge is 2.78. The molecule has 2 aromatic carbocycles. The number of nitriles is 1. The lowest BCUT2D eigenvalue weighted by Gasteiger charge is -2.22. The molecule has 0 saturated heterocycles. The minimum absolute atomic E-state index is 0.104. The summed E-state index contributed by atoms with van der Waals surface area (Å²) in [6, 6.07) is 18.3. The predicted molar refractivity (Wildman–Crippen MR) is 121 cm³/mol. The number of ether oxygens (including phenoxy) is 3. The van der Waals surface area contributed by atoms with Crippen LogP contribution >= 0.6 is 0 Å². The summed E-state index contributed by atoms with van der Waals surface area (Å²) in [7, 11) is 1.50. The summed E-state index contributed by atoms with van der Waals surface area (Å²) in [5.74, 6) is -2.02. The van der Waals surface area contributed by atoms with Gasteiger partial charge >= 0.3 is 11.9 Å². The molecule has 0 aliphatic heterocycles. The molecule has 3 rings (SSSR count). The van der Waals surface area contributed by atoms with Crippen LogP contribution in [0.5, 0.6) is 11.5 Å². The van der Waals surface area contributed by atoms with Crippen molar-refractivity contribution in [2.75, 3.05) is 20.3 Å². The average Bonchev–Trinajstić information content (AvgIpc) is 3.29. The summed E-state index contributed by atoms with van der Waals surface area (Å²) in [6.45, 7) is 3.96. The van der Waals surface area contributed by atoms with Crippen LogP contribution in [-0.4, -0.2) is 37.4 Å². The summed E-state index contributed by atoms with van der Waals surface area (Å²) < 4.78 is 15.7. The Kier molecular flexibility index (Phi) is 7.19. The number of esters is 1. The third kappa shape index (κ3) is 4.62. The summed E-state index contributed by atoms with van der Waals surface area (Å²) in [6.07, 6.45) is 2.77. The number of benzene rings is 2. The minimum Gasteiger partial charge on any atom is -0.481 e. The molecule has 0 amide bonds. The lowest BCUT2D eigenvalue weighted by molar-refractivity contribution is -0.145. The smallest absolute Gasteiger partial charge is 0.330 e. The highest BCUT2D eigenvalue weighted by Crippen LogP contribution is 2.75.